The first kappa shape index (κ1) is 23.0. The van der Waals surface area contributed by atoms with Crippen LogP contribution in [0.1, 0.15) is 49.7 Å². The first-order chi connectivity index (χ1) is 16.8. The van der Waals surface area contributed by atoms with Crippen LogP contribution in [-0.4, -0.2) is 36.9 Å². The van der Waals surface area contributed by atoms with Gasteiger partial charge in [-0.05, 0) is 78.9 Å². The molecule has 1 N–H and O–H groups in total. The lowest BCUT2D eigenvalue weighted by molar-refractivity contribution is 0.174. The van der Waals surface area contributed by atoms with E-state index in [9.17, 15) is 4.79 Å². The van der Waals surface area contributed by atoms with Gasteiger partial charge in [0.15, 0.2) is 17.3 Å². The van der Waals surface area contributed by atoms with E-state index in [2.05, 4.69) is 52.2 Å². The summed E-state index contributed by atoms with van der Waals surface area (Å²) in [6.45, 7) is 10.1. The standard InChI is InChI=1S/C26H30N6O3/c1-5-26(3,4)32-24(28-29-30-32)15-31(13-18-7-9-22-23(11-18)35-16-34-22)14-20-12-19-10-17(2)6-8-21(19)27-25(20)33/h6-12H,5,13-16H2,1-4H3,(H,27,33). The number of nitrogens with one attached hydrogen (secondary N) is 1. The molecular weight excluding hydrogens is 444 g/mol. The number of aromatic nitrogens is 5. The van der Waals surface area contributed by atoms with Crippen molar-refractivity contribution in [3.63, 3.8) is 0 Å². The highest BCUT2D eigenvalue weighted by Gasteiger charge is 2.25. The molecule has 0 amide bonds. The molecule has 2 aromatic heterocycles. The van der Waals surface area contributed by atoms with E-state index in [-0.39, 0.29) is 17.9 Å². The van der Waals surface area contributed by atoms with E-state index in [4.69, 9.17) is 9.47 Å². The molecule has 0 spiro atoms. The highest BCUT2D eigenvalue weighted by atomic mass is 16.7. The number of fused-ring (bicyclic) bond motifs is 2. The molecule has 35 heavy (non-hydrogen) atoms. The second-order valence-corrected chi connectivity index (χ2v) is 9.72. The zero-order valence-corrected chi connectivity index (χ0v) is 20.5. The van der Waals surface area contributed by atoms with Crippen LogP contribution in [0, 0.1) is 6.92 Å². The predicted molar refractivity (Wildman–Crippen MR) is 132 cm³/mol. The third-order valence-electron chi connectivity index (χ3n) is 6.65. The van der Waals surface area contributed by atoms with Gasteiger partial charge in [0.1, 0.15) is 0 Å². The predicted octanol–water partition coefficient (Wildman–Crippen LogP) is 3.90. The number of H-pyrrole nitrogens is 1. The van der Waals surface area contributed by atoms with Crippen molar-refractivity contribution in [2.24, 2.45) is 0 Å². The van der Waals surface area contributed by atoms with E-state index in [0.29, 0.717) is 25.2 Å². The van der Waals surface area contributed by atoms with Gasteiger partial charge in [-0.25, -0.2) is 4.68 Å². The van der Waals surface area contributed by atoms with Crippen molar-refractivity contribution in [3.05, 3.63) is 75.3 Å². The van der Waals surface area contributed by atoms with Crippen LogP contribution in [0.15, 0.2) is 47.3 Å². The summed E-state index contributed by atoms with van der Waals surface area (Å²) in [5, 5.41) is 13.6. The van der Waals surface area contributed by atoms with Crippen molar-refractivity contribution >= 4 is 10.9 Å². The Hall–Kier alpha value is -3.72. The van der Waals surface area contributed by atoms with Gasteiger partial charge < -0.3 is 14.5 Å². The number of hydrogen-bond donors (Lipinski definition) is 1. The van der Waals surface area contributed by atoms with Crippen molar-refractivity contribution in [1.82, 2.24) is 30.1 Å². The Morgan fingerprint density at radius 1 is 1.06 bits per heavy atom. The largest absolute Gasteiger partial charge is 0.454 e. The summed E-state index contributed by atoms with van der Waals surface area (Å²) in [6.07, 6.45) is 0.886. The maximum Gasteiger partial charge on any atom is 0.252 e. The van der Waals surface area contributed by atoms with Crippen LogP contribution in [0.5, 0.6) is 11.5 Å². The van der Waals surface area contributed by atoms with Gasteiger partial charge in [-0.2, -0.15) is 0 Å². The summed E-state index contributed by atoms with van der Waals surface area (Å²) in [6, 6.07) is 13.9. The lowest BCUT2D eigenvalue weighted by Gasteiger charge is -2.27. The zero-order chi connectivity index (χ0) is 24.6. The molecule has 3 heterocycles. The van der Waals surface area contributed by atoms with Crippen molar-refractivity contribution in [2.45, 2.75) is 59.3 Å². The van der Waals surface area contributed by atoms with Gasteiger partial charge in [0.25, 0.3) is 5.56 Å². The van der Waals surface area contributed by atoms with Crippen LogP contribution in [-0.2, 0) is 25.2 Å². The third-order valence-corrected chi connectivity index (χ3v) is 6.65. The number of aryl methyl sites for hydroxylation is 1. The number of nitrogens with zero attached hydrogens (tertiary/aromatic N) is 5. The van der Waals surface area contributed by atoms with Crippen molar-refractivity contribution in [2.75, 3.05) is 6.79 Å². The summed E-state index contributed by atoms with van der Waals surface area (Å²) in [5.74, 6) is 2.24. The molecule has 5 rings (SSSR count). The second kappa shape index (κ2) is 9.14. The maximum atomic E-state index is 13.0. The Labute approximate surface area is 203 Å². The van der Waals surface area contributed by atoms with Gasteiger partial charge in [0.05, 0.1) is 12.1 Å². The van der Waals surface area contributed by atoms with Crippen LogP contribution in [0.4, 0.5) is 0 Å². The number of hydrogen-bond acceptors (Lipinski definition) is 7. The van der Waals surface area contributed by atoms with E-state index >= 15 is 0 Å². The molecule has 0 saturated heterocycles. The molecule has 9 heteroatoms. The Balaban J connectivity index is 1.49. The Morgan fingerprint density at radius 2 is 1.89 bits per heavy atom. The van der Waals surface area contributed by atoms with Crippen LogP contribution < -0.4 is 15.0 Å². The van der Waals surface area contributed by atoms with Crippen LogP contribution in [0.3, 0.4) is 0 Å². The molecule has 0 atom stereocenters. The summed E-state index contributed by atoms with van der Waals surface area (Å²) in [5.41, 5.74) is 3.41. The number of benzene rings is 2. The molecule has 4 aromatic rings. The molecule has 0 saturated carbocycles. The van der Waals surface area contributed by atoms with Gasteiger partial charge in [-0.15, -0.1) is 5.10 Å². The first-order valence-corrected chi connectivity index (χ1v) is 11.8. The number of rotatable bonds is 8. The number of aromatic amines is 1. The fourth-order valence-corrected chi connectivity index (χ4v) is 4.32. The highest BCUT2D eigenvalue weighted by molar-refractivity contribution is 5.79. The normalized spacial score (nSPS) is 13.2. The van der Waals surface area contributed by atoms with E-state index in [1.54, 1.807) is 0 Å². The summed E-state index contributed by atoms with van der Waals surface area (Å²) in [7, 11) is 0. The smallest absolute Gasteiger partial charge is 0.252 e. The minimum absolute atomic E-state index is 0.0921. The molecule has 0 fully saturated rings. The molecule has 9 nitrogen and oxygen atoms in total. The molecular formula is C26H30N6O3. The maximum absolute atomic E-state index is 13.0. The Bertz CT molecular complexity index is 1420. The lowest BCUT2D eigenvalue weighted by atomic mass is 10.0. The van der Waals surface area contributed by atoms with E-state index in [0.717, 1.165) is 45.8 Å². The zero-order valence-electron chi connectivity index (χ0n) is 20.5. The summed E-state index contributed by atoms with van der Waals surface area (Å²) in [4.78, 5) is 18.2. The van der Waals surface area contributed by atoms with Crippen molar-refractivity contribution < 1.29 is 9.47 Å². The number of pyridine rings is 1. The van der Waals surface area contributed by atoms with Gasteiger partial charge in [0.2, 0.25) is 6.79 Å². The number of tetrazole rings is 1. The topological polar surface area (TPSA) is 98.2 Å². The highest BCUT2D eigenvalue weighted by Crippen LogP contribution is 2.33. The monoisotopic (exact) mass is 474 g/mol. The molecule has 1 aliphatic rings. The quantitative estimate of drug-likeness (QED) is 0.414. The first-order valence-electron chi connectivity index (χ1n) is 11.8. The Morgan fingerprint density at radius 3 is 2.71 bits per heavy atom. The van der Waals surface area contributed by atoms with E-state index in [1.165, 1.54) is 0 Å². The third kappa shape index (κ3) is 4.77. The average Bonchev–Trinajstić information content (AvgIpc) is 3.49. The van der Waals surface area contributed by atoms with Gasteiger partial charge >= 0.3 is 0 Å². The van der Waals surface area contributed by atoms with Crippen molar-refractivity contribution in [1.29, 1.82) is 0 Å². The molecule has 0 unspecified atom stereocenters. The molecule has 182 valence electrons. The minimum atomic E-state index is -0.221. The fourth-order valence-electron chi connectivity index (χ4n) is 4.32. The van der Waals surface area contributed by atoms with Gasteiger partial charge in [0, 0.05) is 24.2 Å². The minimum Gasteiger partial charge on any atom is -0.454 e. The van der Waals surface area contributed by atoms with Gasteiger partial charge in [-0.3, -0.25) is 9.69 Å². The number of ether oxygens (including phenoxy) is 2. The Kier molecular flexibility index (Phi) is 6.02. The molecule has 0 bridgehead atoms. The molecule has 1 aliphatic heterocycles. The molecule has 0 aliphatic carbocycles. The SMILES string of the molecule is CCC(C)(C)n1nnnc1CN(Cc1ccc2c(c1)OCO2)Cc1cc2cc(C)ccc2[nH]c1=O. The lowest BCUT2D eigenvalue weighted by Crippen LogP contribution is -2.32. The van der Waals surface area contributed by atoms with E-state index < -0.39 is 0 Å². The fraction of sp³-hybridized carbons (Fsp3) is 0.385. The second-order valence-electron chi connectivity index (χ2n) is 9.72. The van der Waals surface area contributed by atoms with E-state index in [1.807, 2.05) is 48.0 Å². The van der Waals surface area contributed by atoms with Crippen molar-refractivity contribution in [3.8, 4) is 11.5 Å². The molecule has 0 radical (unpaired) electrons. The van der Waals surface area contributed by atoms with Crippen LogP contribution >= 0.6 is 0 Å². The summed E-state index contributed by atoms with van der Waals surface area (Å²) < 4.78 is 12.9. The average molecular weight is 475 g/mol. The van der Waals surface area contributed by atoms with Gasteiger partial charge in [-0.1, -0.05) is 24.6 Å². The summed E-state index contributed by atoms with van der Waals surface area (Å²) >= 11 is 0. The molecule has 2 aromatic carbocycles. The van der Waals surface area contributed by atoms with Crippen LogP contribution in [0.2, 0.25) is 0 Å². The van der Waals surface area contributed by atoms with Crippen LogP contribution in [0.25, 0.3) is 10.9 Å².